The van der Waals surface area contributed by atoms with Crippen LogP contribution in [0.25, 0.3) is 0 Å². The molecule has 3 heteroatoms. The van der Waals surface area contributed by atoms with Gasteiger partial charge in [0.1, 0.15) is 0 Å². The average Bonchev–Trinajstić information content (AvgIpc) is 2.92. The van der Waals surface area contributed by atoms with Crippen molar-refractivity contribution in [2.75, 3.05) is 18.4 Å². The van der Waals surface area contributed by atoms with E-state index < -0.39 is 0 Å². The Kier molecular flexibility index (Phi) is 4.62. The monoisotopic (exact) mass is 246 g/mol. The molecule has 0 aliphatic heterocycles. The Morgan fingerprint density at radius 3 is 2.56 bits per heavy atom. The minimum atomic E-state index is 0.216. The third-order valence-electron chi connectivity index (χ3n) is 3.64. The number of hydrogen-bond acceptors (Lipinski definition) is 2. The van der Waals surface area contributed by atoms with E-state index in [-0.39, 0.29) is 5.91 Å². The zero-order valence-electron chi connectivity index (χ0n) is 11.1. The Morgan fingerprint density at radius 1 is 1.28 bits per heavy atom. The SMILES string of the molecule is CCN(C(=O)CNc1ccccc1)C1CCCC1. The molecule has 0 atom stereocenters. The molecule has 0 unspecified atom stereocenters. The van der Waals surface area contributed by atoms with Gasteiger partial charge in [-0.25, -0.2) is 0 Å². The van der Waals surface area contributed by atoms with E-state index in [2.05, 4.69) is 12.2 Å². The number of benzene rings is 1. The second kappa shape index (κ2) is 6.43. The topological polar surface area (TPSA) is 32.3 Å². The lowest BCUT2D eigenvalue weighted by molar-refractivity contribution is -0.131. The van der Waals surface area contributed by atoms with Crippen LogP contribution in [-0.4, -0.2) is 29.9 Å². The molecule has 0 radical (unpaired) electrons. The van der Waals surface area contributed by atoms with E-state index >= 15 is 0 Å². The zero-order valence-corrected chi connectivity index (χ0v) is 11.1. The van der Waals surface area contributed by atoms with Crippen LogP contribution in [0.3, 0.4) is 0 Å². The van der Waals surface area contributed by atoms with E-state index in [0.717, 1.165) is 12.2 Å². The number of amides is 1. The summed E-state index contributed by atoms with van der Waals surface area (Å²) >= 11 is 0. The van der Waals surface area contributed by atoms with Crippen molar-refractivity contribution < 1.29 is 4.79 Å². The number of nitrogens with one attached hydrogen (secondary N) is 1. The van der Waals surface area contributed by atoms with Crippen LogP contribution in [0, 0.1) is 0 Å². The number of anilines is 1. The number of likely N-dealkylation sites (N-methyl/N-ethyl adjacent to an activating group) is 1. The summed E-state index contributed by atoms with van der Waals surface area (Å²) in [4.78, 5) is 14.2. The minimum Gasteiger partial charge on any atom is -0.376 e. The fourth-order valence-corrected chi connectivity index (χ4v) is 2.69. The quantitative estimate of drug-likeness (QED) is 0.866. The Balaban J connectivity index is 1.86. The second-order valence-corrected chi connectivity index (χ2v) is 4.84. The van der Waals surface area contributed by atoms with Crippen molar-refractivity contribution >= 4 is 11.6 Å². The van der Waals surface area contributed by atoms with E-state index in [1.165, 1.54) is 25.7 Å². The highest BCUT2D eigenvalue weighted by atomic mass is 16.2. The van der Waals surface area contributed by atoms with Gasteiger partial charge in [-0.05, 0) is 31.9 Å². The van der Waals surface area contributed by atoms with E-state index in [1.54, 1.807) is 0 Å². The van der Waals surface area contributed by atoms with E-state index in [9.17, 15) is 4.79 Å². The molecule has 2 rings (SSSR count). The van der Waals surface area contributed by atoms with E-state index in [0.29, 0.717) is 12.6 Å². The van der Waals surface area contributed by atoms with Gasteiger partial charge >= 0.3 is 0 Å². The van der Waals surface area contributed by atoms with Crippen molar-refractivity contribution in [2.24, 2.45) is 0 Å². The molecule has 0 aromatic heterocycles. The molecule has 98 valence electrons. The summed E-state index contributed by atoms with van der Waals surface area (Å²) in [7, 11) is 0. The first kappa shape index (κ1) is 12.9. The molecule has 3 nitrogen and oxygen atoms in total. The molecule has 0 bridgehead atoms. The molecule has 1 aromatic rings. The highest BCUT2D eigenvalue weighted by molar-refractivity contribution is 5.81. The lowest BCUT2D eigenvalue weighted by atomic mass is 10.2. The molecule has 1 aliphatic rings. The van der Waals surface area contributed by atoms with Crippen molar-refractivity contribution in [2.45, 2.75) is 38.6 Å². The first-order chi connectivity index (χ1) is 8.81. The fraction of sp³-hybridized carbons (Fsp3) is 0.533. The van der Waals surface area contributed by atoms with Crippen molar-refractivity contribution in [3.8, 4) is 0 Å². The first-order valence-electron chi connectivity index (χ1n) is 6.89. The summed E-state index contributed by atoms with van der Waals surface area (Å²) in [5.41, 5.74) is 1.01. The van der Waals surface area contributed by atoms with Crippen LogP contribution < -0.4 is 5.32 Å². The van der Waals surface area contributed by atoms with Gasteiger partial charge in [0.25, 0.3) is 0 Å². The Morgan fingerprint density at radius 2 is 1.94 bits per heavy atom. The summed E-state index contributed by atoms with van der Waals surface area (Å²) in [6, 6.07) is 10.4. The molecule has 1 amide bonds. The predicted octanol–water partition coefficient (Wildman–Crippen LogP) is 2.89. The van der Waals surface area contributed by atoms with Gasteiger partial charge in [0.15, 0.2) is 0 Å². The van der Waals surface area contributed by atoms with Gasteiger partial charge < -0.3 is 10.2 Å². The minimum absolute atomic E-state index is 0.216. The Hall–Kier alpha value is -1.51. The van der Waals surface area contributed by atoms with Gasteiger partial charge in [0.05, 0.1) is 6.54 Å². The van der Waals surface area contributed by atoms with Gasteiger partial charge in [-0.3, -0.25) is 4.79 Å². The van der Waals surface area contributed by atoms with Crippen LogP contribution in [0.5, 0.6) is 0 Å². The largest absolute Gasteiger partial charge is 0.376 e. The third-order valence-corrected chi connectivity index (χ3v) is 3.64. The highest BCUT2D eigenvalue weighted by Gasteiger charge is 2.24. The maximum atomic E-state index is 12.2. The number of rotatable bonds is 5. The van der Waals surface area contributed by atoms with E-state index in [4.69, 9.17) is 0 Å². The molecular formula is C15H22N2O. The number of hydrogen-bond donors (Lipinski definition) is 1. The van der Waals surface area contributed by atoms with Gasteiger partial charge in [0, 0.05) is 18.3 Å². The number of carbonyl (C=O) groups is 1. The summed E-state index contributed by atoms with van der Waals surface area (Å²) in [6.07, 6.45) is 4.87. The summed E-state index contributed by atoms with van der Waals surface area (Å²) in [6.45, 7) is 3.28. The van der Waals surface area contributed by atoms with Crippen LogP contribution in [0.4, 0.5) is 5.69 Å². The third kappa shape index (κ3) is 3.25. The van der Waals surface area contributed by atoms with Crippen molar-refractivity contribution in [1.29, 1.82) is 0 Å². The zero-order chi connectivity index (χ0) is 12.8. The number of para-hydroxylation sites is 1. The molecular weight excluding hydrogens is 224 g/mol. The van der Waals surface area contributed by atoms with Gasteiger partial charge in [0.2, 0.25) is 5.91 Å². The second-order valence-electron chi connectivity index (χ2n) is 4.84. The van der Waals surface area contributed by atoms with Crippen LogP contribution in [0.2, 0.25) is 0 Å². The Labute approximate surface area is 109 Å². The molecule has 1 N–H and O–H groups in total. The predicted molar refractivity (Wildman–Crippen MR) is 74.6 cm³/mol. The van der Waals surface area contributed by atoms with Crippen LogP contribution in [0.1, 0.15) is 32.6 Å². The molecule has 1 aliphatic carbocycles. The smallest absolute Gasteiger partial charge is 0.242 e. The summed E-state index contributed by atoms with van der Waals surface area (Å²) in [5, 5.41) is 3.19. The standard InChI is InChI=1S/C15H22N2O/c1-2-17(14-10-6-7-11-14)15(18)12-16-13-8-4-3-5-9-13/h3-5,8-9,14,16H,2,6-7,10-12H2,1H3. The van der Waals surface area contributed by atoms with Crippen molar-refractivity contribution in [3.05, 3.63) is 30.3 Å². The highest BCUT2D eigenvalue weighted by Crippen LogP contribution is 2.23. The molecule has 0 spiro atoms. The van der Waals surface area contributed by atoms with Crippen LogP contribution >= 0.6 is 0 Å². The van der Waals surface area contributed by atoms with Crippen LogP contribution in [0.15, 0.2) is 30.3 Å². The van der Waals surface area contributed by atoms with Crippen molar-refractivity contribution in [3.63, 3.8) is 0 Å². The maximum absolute atomic E-state index is 12.2. The number of nitrogens with zero attached hydrogens (tertiary/aromatic N) is 1. The van der Waals surface area contributed by atoms with Gasteiger partial charge in [-0.15, -0.1) is 0 Å². The van der Waals surface area contributed by atoms with Crippen LogP contribution in [-0.2, 0) is 4.79 Å². The molecule has 1 fully saturated rings. The first-order valence-corrected chi connectivity index (χ1v) is 6.89. The fourth-order valence-electron chi connectivity index (χ4n) is 2.69. The average molecular weight is 246 g/mol. The Bertz CT molecular complexity index is 371. The van der Waals surface area contributed by atoms with Gasteiger partial charge in [-0.1, -0.05) is 31.0 Å². The molecule has 0 saturated heterocycles. The molecule has 1 saturated carbocycles. The van der Waals surface area contributed by atoms with E-state index in [1.807, 2.05) is 35.2 Å². The molecule has 0 heterocycles. The lowest BCUT2D eigenvalue weighted by Gasteiger charge is -2.28. The lowest BCUT2D eigenvalue weighted by Crippen LogP contribution is -2.41. The van der Waals surface area contributed by atoms with Crippen molar-refractivity contribution in [1.82, 2.24) is 4.90 Å². The normalized spacial score (nSPS) is 15.6. The number of carbonyl (C=O) groups excluding carboxylic acids is 1. The maximum Gasteiger partial charge on any atom is 0.242 e. The summed E-state index contributed by atoms with van der Waals surface area (Å²) < 4.78 is 0. The molecule has 18 heavy (non-hydrogen) atoms. The van der Waals surface area contributed by atoms with Gasteiger partial charge in [-0.2, -0.15) is 0 Å². The summed E-state index contributed by atoms with van der Waals surface area (Å²) in [5.74, 6) is 0.216. The molecule has 1 aromatic carbocycles.